The lowest BCUT2D eigenvalue weighted by Crippen LogP contribution is -2.36. The summed E-state index contributed by atoms with van der Waals surface area (Å²) in [5.74, 6) is 1.04. The summed E-state index contributed by atoms with van der Waals surface area (Å²) in [4.78, 5) is 18.0. The Bertz CT molecular complexity index is 1370. The van der Waals surface area contributed by atoms with Gasteiger partial charge in [0.15, 0.2) is 23.0 Å². The summed E-state index contributed by atoms with van der Waals surface area (Å²) in [7, 11) is 3.01. The minimum Gasteiger partial charge on any atom is -0.493 e. The number of nitrogens with two attached hydrogens (primary N) is 1. The molecule has 3 aromatic rings. The van der Waals surface area contributed by atoms with Crippen molar-refractivity contribution in [1.82, 2.24) is 4.98 Å². The number of aliphatic hydroxyl groups is 1. The van der Waals surface area contributed by atoms with Gasteiger partial charge in [0, 0.05) is 30.2 Å². The van der Waals surface area contributed by atoms with E-state index in [1.165, 1.54) is 26.4 Å². The second kappa shape index (κ2) is 10.6. The van der Waals surface area contributed by atoms with Crippen LogP contribution in [0.15, 0.2) is 48.5 Å². The number of benzene rings is 2. The number of aromatic nitrogens is 1. The van der Waals surface area contributed by atoms with Crippen LogP contribution < -0.4 is 19.9 Å². The van der Waals surface area contributed by atoms with Gasteiger partial charge in [0.05, 0.1) is 31.1 Å². The maximum absolute atomic E-state index is 13.6. The van der Waals surface area contributed by atoms with Crippen LogP contribution in [0, 0.1) is 5.82 Å². The molecule has 8 nitrogen and oxygen atoms in total. The maximum Gasteiger partial charge on any atom is 0.163 e. The molecule has 1 fully saturated rings. The summed E-state index contributed by atoms with van der Waals surface area (Å²) in [6.07, 6.45) is 2.28. The molecule has 2 atom stereocenters. The number of ether oxygens (including phenoxy) is 4. The van der Waals surface area contributed by atoms with Crippen molar-refractivity contribution in [2.75, 3.05) is 27.4 Å². The van der Waals surface area contributed by atoms with Crippen LogP contribution in [0.25, 0.3) is 11.3 Å². The van der Waals surface area contributed by atoms with Crippen LogP contribution in [0.3, 0.4) is 0 Å². The van der Waals surface area contributed by atoms with E-state index in [1.807, 2.05) is 6.92 Å². The van der Waals surface area contributed by atoms with Crippen molar-refractivity contribution >= 4 is 5.78 Å². The number of hydrogen-bond donors (Lipinski definition) is 2. The molecule has 1 aliphatic heterocycles. The Morgan fingerprint density at radius 2 is 1.92 bits per heavy atom. The van der Waals surface area contributed by atoms with Gasteiger partial charge in [-0.3, -0.25) is 4.79 Å². The first kappa shape index (κ1) is 27.1. The van der Waals surface area contributed by atoms with Crippen molar-refractivity contribution in [3.8, 4) is 28.5 Å². The van der Waals surface area contributed by atoms with Gasteiger partial charge >= 0.3 is 0 Å². The summed E-state index contributed by atoms with van der Waals surface area (Å²) in [5.41, 5.74) is 6.55. The average Bonchev–Trinajstić information content (AvgIpc) is 3.69. The van der Waals surface area contributed by atoms with Gasteiger partial charge in [-0.25, -0.2) is 9.37 Å². The SMILES string of the molecule is COC[C@](O)(CCC(=O)c1ccc(OC2CC2)c(OC)c1)c1cc2c(c(-c3ccc(F)cc3)n1)OC[C@]2(C)N. The normalized spacial score (nSPS) is 19.6. The lowest BCUT2D eigenvalue weighted by molar-refractivity contribution is -0.0452. The standard InChI is InChI=1S/C30H33FN2O6/c1-29(32)16-38-28-22(29)15-26(33-27(28)18-4-7-20(31)8-5-18)30(35,17-36-2)13-12-23(34)19-6-11-24(25(14-19)37-3)39-21-9-10-21/h4-8,11,14-15,21,35H,9-10,12-13,16-17,32H2,1-3H3/t29-,30+/m0/s1. The van der Waals surface area contributed by atoms with Crippen molar-refractivity contribution in [3.05, 3.63) is 71.2 Å². The molecule has 2 aromatic carbocycles. The topological polar surface area (TPSA) is 113 Å². The third kappa shape index (κ3) is 5.61. The zero-order valence-electron chi connectivity index (χ0n) is 22.3. The molecular weight excluding hydrogens is 503 g/mol. The zero-order chi connectivity index (χ0) is 27.8. The first-order valence-electron chi connectivity index (χ1n) is 13.0. The molecule has 206 valence electrons. The summed E-state index contributed by atoms with van der Waals surface area (Å²) in [6.45, 7) is 1.96. The maximum atomic E-state index is 13.6. The molecule has 0 saturated heterocycles. The van der Waals surface area contributed by atoms with Crippen LogP contribution >= 0.6 is 0 Å². The molecule has 0 spiro atoms. The van der Waals surface area contributed by atoms with Crippen LogP contribution in [0.4, 0.5) is 4.39 Å². The van der Waals surface area contributed by atoms with E-state index < -0.39 is 11.1 Å². The fourth-order valence-corrected chi connectivity index (χ4v) is 4.73. The molecule has 1 aromatic heterocycles. The smallest absolute Gasteiger partial charge is 0.163 e. The zero-order valence-corrected chi connectivity index (χ0v) is 22.3. The number of nitrogens with zero attached hydrogens (tertiary/aromatic N) is 1. The van der Waals surface area contributed by atoms with Crippen LogP contribution in [0.5, 0.6) is 17.2 Å². The van der Waals surface area contributed by atoms with Gasteiger partial charge in [-0.2, -0.15) is 0 Å². The van der Waals surface area contributed by atoms with Gasteiger partial charge in [0.2, 0.25) is 0 Å². The minimum absolute atomic E-state index is 0.0207. The molecule has 0 bridgehead atoms. The molecule has 1 aliphatic carbocycles. The molecular formula is C30H33FN2O6. The highest BCUT2D eigenvalue weighted by atomic mass is 19.1. The number of pyridine rings is 1. The van der Waals surface area contributed by atoms with E-state index >= 15 is 0 Å². The van der Waals surface area contributed by atoms with Crippen LogP contribution in [0.2, 0.25) is 0 Å². The highest BCUT2D eigenvalue weighted by Gasteiger charge is 2.40. The van der Waals surface area contributed by atoms with Gasteiger partial charge in [0.1, 0.15) is 23.7 Å². The van der Waals surface area contributed by atoms with E-state index in [9.17, 15) is 14.3 Å². The predicted molar refractivity (Wildman–Crippen MR) is 143 cm³/mol. The Morgan fingerprint density at radius 3 is 2.59 bits per heavy atom. The second-order valence-electron chi connectivity index (χ2n) is 10.5. The van der Waals surface area contributed by atoms with Crippen molar-refractivity contribution in [2.24, 2.45) is 5.73 Å². The van der Waals surface area contributed by atoms with Crippen LogP contribution in [-0.2, 0) is 15.9 Å². The third-order valence-corrected chi connectivity index (χ3v) is 7.15. The lowest BCUT2D eigenvalue weighted by atomic mass is 9.87. The lowest BCUT2D eigenvalue weighted by Gasteiger charge is -2.28. The van der Waals surface area contributed by atoms with Crippen molar-refractivity contribution < 1.29 is 33.2 Å². The van der Waals surface area contributed by atoms with E-state index in [0.29, 0.717) is 45.3 Å². The fraction of sp³-hybridized carbons (Fsp3) is 0.400. The molecule has 39 heavy (non-hydrogen) atoms. The molecule has 2 aliphatic rings. The Hall–Kier alpha value is -3.53. The Kier molecular flexibility index (Phi) is 7.33. The van der Waals surface area contributed by atoms with E-state index in [0.717, 1.165) is 12.8 Å². The molecule has 0 unspecified atom stereocenters. The van der Waals surface area contributed by atoms with Gasteiger partial charge in [-0.1, -0.05) is 0 Å². The summed E-state index contributed by atoms with van der Waals surface area (Å²) in [5, 5.41) is 11.8. The summed E-state index contributed by atoms with van der Waals surface area (Å²) >= 11 is 0. The Morgan fingerprint density at radius 1 is 1.18 bits per heavy atom. The van der Waals surface area contributed by atoms with Crippen molar-refractivity contribution in [1.29, 1.82) is 0 Å². The van der Waals surface area contributed by atoms with Gasteiger partial charge < -0.3 is 29.8 Å². The Balaban J connectivity index is 1.45. The van der Waals surface area contributed by atoms with E-state index in [2.05, 4.69) is 0 Å². The Labute approximate surface area is 226 Å². The predicted octanol–water partition coefficient (Wildman–Crippen LogP) is 4.50. The molecule has 0 amide bonds. The summed E-state index contributed by atoms with van der Waals surface area (Å²) < 4.78 is 36.2. The van der Waals surface area contributed by atoms with E-state index in [1.54, 1.807) is 36.4 Å². The third-order valence-electron chi connectivity index (χ3n) is 7.15. The number of hydrogen-bond acceptors (Lipinski definition) is 8. The minimum atomic E-state index is -1.61. The summed E-state index contributed by atoms with van der Waals surface area (Å²) in [6, 6.07) is 12.7. The number of Topliss-reactive ketones (excluding diaryl/α,β-unsaturated/α-hetero) is 1. The number of carbonyl (C=O) groups is 1. The van der Waals surface area contributed by atoms with E-state index in [4.69, 9.17) is 29.7 Å². The average molecular weight is 537 g/mol. The molecule has 5 rings (SSSR count). The molecule has 3 N–H and O–H groups in total. The number of ketones is 1. The highest BCUT2D eigenvalue weighted by molar-refractivity contribution is 5.96. The van der Waals surface area contributed by atoms with Crippen LogP contribution in [-0.4, -0.2) is 49.4 Å². The number of carbonyl (C=O) groups excluding carboxylic acids is 1. The number of fused-ring (bicyclic) bond motifs is 1. The largest absolute Gasteiger partial charge is 0.493 e. The fourth-order valence-electron chi connectivity index (χ4n) is 4.73. The van der Waals surface area contributed by atoms with Crippen molar-refractivity contribution in [2.45, 2.75) is 49.9 Å². The number of rotatable bonds is 11. The molecule has 2 heterocycles. The molecule has 1 saturated carbocycles. The number of methoxy groups -OCH3 is 2. The first-order chi connectivity index (χ1) is 18.6. The van der Waals surface area contributed by atoms with Gasteiger partial charge in [-0.05, 0) is 74.7 Å². The van der Waals surface area contributed by atoms with Gasteiger partial charge in [-0.15, -0.1) is 0 Å². The molecule has 9 heteroatoms. The van der Waals surface area contributed by atoms with Crippen LogP contribution in [0.1, 0.15) is 54.2 Å². The second-order valence-corrected chi connectivity index (χ2v) is 10.5. The highest BCUT2D eigenvalue weighted by Crippen LogP contribution is 2.44. The number of halogens is 1. The monoisotopic (exact) mass is 536 g/mol. The van der Waals surface area contributed by atoms with Crippen molar-refractivity contribution in [3.63, 3.8) is 0 Å². The first-order valence-corrected chi connectivity index (χ1v) is 13.0. The van der Waals surface area contributed by atoms with Gasteiger partial charge in [0.25, 0.3) is 0 Å². The molecule has 0 radical (unpaired) electrons. The quantitative estimate of drug-likeness (QED) is 0.345. The van der Waals surface area contributed by atoms with E-state index in [-0.39, 0.29) is 43.8 Å².